The summed E-state index contributed by atoms with van der Waals surface area (Å²) in [5.74, 6) is -0.322. The summed E-state index contributed by atoms with van der Waals surface area (Å²) in [4.78, 5) is 0. The minimum absolute atomic E-state index is 0.163. The highest BCUT2D eigenvalue weighted by Gasteiger charge is 2.71. The Morgan fingerprint density at radius 2 is 1.85 bits per heavy atom. The first-order valence-electron chi connectivity index (χ1n) is 3.77. The molecule has 0 aliphatic carbocycles. The van der Waals surface area contributed by atoms with Crippen molar-refractivity contribution in [1.29, 1.82) is 0 Å². The number of halogens is 3. The van der Waals surface area contributed by atoms with Crippen LogP contribution in [0.3, 0.4) is 0 Å². The minimum Gasteiger partial charge on any atom is -0.315 e. The summed E-state index contributed by atoms with van der Waals surface area (Å²) in [6.45, 7) is 0.326. The van der Waals surface area contributed by atoms with Gasteiger partial charge in [-0.2, -0.15) is 13.2 Å². The first kappa shape index (κ1) is 9.26. The van der Waals surface area contributed by atoms with E-state index in [2.05, 4.69) is 5.32 Å². The van der Waals surface area contributed by atoms with E-state index in [1.54, 1.807) is 0 Å². The Morgan fingerprint density at radius 3 is 2.00 bits per heavy atom. The highest BCUT2D eigenvalue weighted by Crippen LogP contribution is 2.50. The molecule has 0 unspecified atom stereocenters. The average molecular weight is 215 g/mol. The molecular weight excluding hydrogens is 207 g/mol. The van der Waals surface area contributed by atoms with E-state index in [0.717, 1.165) is 0 Å². The normalized spacial score (nSPS) is 35.2. The quantitative estimate of drug-likeness (QED) is 0.615. The van der Waals surface area contributed by atoms with Gasteiger partial charge in [0.15, 0.2) is 15.1 Å². The molecule has 0 amide bonds. The van der Waals surface area contributed by atoms with Gasteiger partial charge in [0, 0.05) is 18.5 Å². The zero-order valence-corrected chi connectivity index (χ0v) is 7.37. The van der Waals surface area contributed by atoms with Gasteiger partial charge in [-0.3, -0.25) is 0 Å². The van der Waals surface area contributed by atoms with Crippen molar-refractivity contribution in [2.24, 2.45) is 5.41 Å². The second-order valence-electron chi connectivity index (χ2n) is 3.69. The second kappa shape index (κ2) is 2.20. The topological polar surface area (TPSA) is 46.2 Å². The van der Waals surface area contributed by atoms with Crippen LogP contribution in [0, 0.1) is 5.41 Å². The molecule has 1 atom stereocenters. The second-order valence-corrected chi connectivity index (χ2v) is 5.78. The molecule has 2 aliphatic heterocycles. The minimum atomic E-state index is -4.61. The van der Waals surface area contributed by atoms with Gasteiger partial charge in [0.25, 0.3) is 0 Å². The molecule has 0 aromatic carbocycles. The standard InChI is InChI=1S/C6H8F3NO2S/c7-6(8,9)4-5(1-10-2-5)3-13(4,11)12/h4,10H,1-3H2/t4-/m1/s1. The molecule has 1 N–H and O–H groups in total. The smallest absolute Gasteiger partial charge is 0.315 e. The van der Waals surface area contributed by atoms with Crippen LogP contribution in [0.4, 0.5) is 13.2 Å². The lowest BCUT2D eigenvalue weighted by Gasteiger charge is -2.54. The van der Waals surface area contributed by atoms with Gasteiger partial charge in [-0.25, -0.2) is 8.42 Å². The molecule has 0 aromatic rings. The maximum Gasteiger partial charge on any atom is 0.406 e. The van der Waals surface area contributed by atoms with Crippen molar-refractivity contribution in [3.8, 4) is 0 Å². The number of rotatable bonds is 0. The summed E-state index contributed by atoms with van der Waals surface area (Å²) >= 11 is 0. The molecule has 2 saturated heterocycles. The van der Waals surface area contributed by atoms with Crippen LogP contribution in [-0.2, 0) is 9.84 Å². The first-order valence-corrected chi connectivity index (χ1v) is 5.49. The van der Waals surface area contributed by atoms with Gasteiger partial charge in [0.2, 0.25) is 0 Å². The third-order valence-corrected chi connectivity index (χ3v) is 5.12. The summed E-state index contributed by atoms with van der Waals surface area (Å²) in [5.41, 5.74) is -1.04. The Balaban J connectivity index is 2.31. The predicted octanol–water partition coefficient (Wildman–Crippen LogP) is -0.0647. The van der Waals surface area contributed by atoms with Gasteiger partial charge in [-0.1, -0.05) is 0 Å². The summed E-state index contributed by atoms with van der Waals surface area (Å²) < 4.78 is 58.8. The zero-order chi connectivity index (χ0) is 9.91. The third kappa shape index (κ3) is 1.10. The molecule has 13 heavy (non-hydrogen) atoms. The lowest BCUT2D eigenvalue weighted by molar-refractivity contribution is -0.163. The molecule has 0 aromatic heterocycles. The van der Waals surface area contributed by atoms with E-state index < -0.39 is 26.7 Å². The molecule has 7 heteroatoms. The number of nitrogens with one attached hydrogen (secondary N) is 1. The maximum absolute atomic E-state index is 12.3. The first-order chi connectivity index (χ1) is 5.78. The van der Waals surface area contributed by atoms with Gasteiger partial charge in [-0.15, -0.1) is 0 Å². The van der Waals surface area contributed by atoms with Crippen molar-refractivity contribution in [3.05, 3.63) is 0 Å². The molecule has 0 radical (unpaired) electrons. The fourth-order valence-corrected chi connectivity index (χ4v) is 4.59. The molecular formula is C6H8F3NO2S. The van der Waals surface area contributed by atoms with E-state index >= 15 is 0 Å². The van der Waals surface area contributed by atoms with Gasteiger partial charge < -0.3 is 5.32 Å². The molecule has 0 bridgehead atoms. The lowest BCUT2D eigenvalue weighted by Crippen LogP contribution is -2.76. The Morgan fingerprint density at radius 1 is 1.31 bits per heavy atom. The molecule has 2 rings (SSSR count). The highest BCUT2D eigenvalue weighted by molar-refractivity contribution is 7.93. The third-order valence-electron chi connectivity index (χ3n) is 2.66. The highest BCUT2D eigenvalue weighted by atomic mass is 32.2. The van der Waals surface area contributed by atoms with Crippen LogP contribution in [-0.4, -0.2) is 38.7 Å². The Kier molecular flexibility index (Phi) is 1.56. The number of hydrogen-bond acceptors (Lipinski definition) is 3. The monoisotopic (exact) mass is 215 g/mol. The van der Waals surface area contributed by atoms with Crippen LogP contribution in [0.15, 0.2) is 0 Å². The average Bonchev–Trinajstić information content (AvgIpc) is 1.73. The van der Waals surface area contributed by atoms with E-state index in [9.17, 15) is 21.6 Å². The van der Waals surface area contributed by atoms with Crippen LogP contribution in [0.2, 0.25) is 0 Å². The van der Waals surface area contributed by atoms with Crippen molar-refractivity contribution in [1.82, 2.24) is 5.32 Å². The summed E-state index contributed by atoms with van der Waals surface area (Å²) in [7, 11) is -3.91. The maximum atomic E-state index is 12.3. The fourth-order valence-electron chi connectivity index (χ4n) is 2.13. The number of hydrogen-bond donors (Lipinski definition) is 1. The Labute approximate surface area is 73.2 Å². The number of sulfone groups is 1. The van der Waals surface area contributed by atoms with E-state index in [-0.39, 0.29) is 18.8 Å². The van der Waals surface area contributed by atoms with Gasteiger partial charge in [0.05, 0.1) is 5.75 Å². The van der Waals surface area contributed by atoms with Crippen molar-refractivity contribution in [2.45, 2.75) is 11.4 Å². The SMILES string of the molecule is O=S1(=O)CC2(CNC2)[C@@H]1C(F)(F)F. The van der Waals surface area contributed by atoms with E-state index in [1.165, 1.54) is 0 Å². The Hall–Kier alpha value is -0.300. The van der Waals surface area contributed by atoms with Crippen LogP contribution < -0.4 is 5.32 Å². The predicted molar refractivity (Wildman–Crippen MR) is 38.9 cm³/mol. The van der Waals surface area contributed by atoms with E-state index in [4.69, 9.17) is 0 Å². The zero-order valence-electron chi connectivity index (χ0n) is 6.56. The van der Waals surface area contributed by atoms with E-state index in [1.807, 2.05) is 0 Å². The summed E-state index contributed by atoms with van der Waals surface area (Å²) in [5, 5.41) is 0.549. The van der Waals surface area contributed by atoms with Crippen LogP contribution in [0.25, 0.3) is 0 Å². The molecule has 0 saturated carbocycles. The van der Waals surface area contributed by atoms with Crippen LogP contribution in [0.1, 0.15) is 0 Å². The van der Waals surface area contributed by atoms with Crippen molar-refractivity contribution < 1.29 is 21.6 Å². The van der Waals surface area contributed by atoms with E-state index in [0.29, 0.717) is 0 Å². The van der Waals surface area contributed by atoms with Crippen LogP contribution >= 0.6 is 0 Å². The lowest BCUT2D eigenvalue weighted by atomic mass is 9.78. The van der Waals surface area contributed by atoms with Crippen molar-refractivity contribution in [3.63, 3.8) is 0 Å². The van der Waals surface area contributed by atoms with Gasteiger partial charge in [-0.05, 0) is 0 Å². The molecule has 1 spiro atoms. The molecule has 2 aliphatic rings. The fraction of sp³-hybridized carbons (Fsp3) is 1.00. The largest absolute Gasteiger partial charge is 0.406 e. The molecule has 3 nitrogen and oxygen atoms in total. The van der Waals surface area contributed by atoms with Crippen molar-refractivity contribution in [2.75, 3.05) is 18.8 Å². The van der Waals surface area contributed by atoms with Crippen molar-refractivity contribution >= 4 is 9.84 Å². The molecule has 76 valence electrons. The summed E-state index contributed by atoms with van der Waals surface area (Å²) in [6, 6.07) is 0. The number of alkyl halides is 3. The summed E-state index contributed by atoms with van der Waals surface area (Å²) in [6.07, 6.45) is -4.61. The van der Waals surface area contributed by atoms with Crippen LogP contribution in [0.5, 0.6) is 0 Å². The molecule has 2 fully saturated rings. The van der Waals surface area contributed by atoms with Gasteiger partial charge in [0.1, 0.15) is 0 Å². The Bertz CT molecular complexity index is 330. The van der Waals surface area contributed by atoms with Gasteiger partial charge >= 0.3 is 6.18 Å². The molecule has 2 heterocycles.